The smallest absolute Gasteiger partial charge is 0.282 e. The molecule has 0 bridgehead atoms. The van der Waals surface area contributed by atoms with Crippen LogP contribution in [0.25, 0.3) is 0 Å². The summed E-state index contributed by atoms with van der Waals surface area (Å²) >= 11 is 1.56. The van der Waals surface area contributed by atoms with Crippen LogP contribution in [0.15, 0.2) is 34.8 Å². The van der Waals surface area contributed by atoms with E-state index in [1.165, 1.54) is 12.1 Å². The predicted octanol–water partition coefficient (Wildman–Crippen LogP) is 3.56. The number of alkyl halides is 3. The maximum Gasteiger partial charge on any atom is 0.416 e. The van der Waals surface area contributed by atoms with E-state index in [0.29, 0.717) is 17.8 Å². The highest BCUT2D eigenvalue weighted by molar-refractivity contribution is 7.10. The molecule has 0 saturated carbocycles. The summed E-state index contributed by atoms with van der Waals surface area (Å²) < 4.78 is 37.5. The fraction of sp³-hybridized carbons (Fsp3) is 0.231. The average molecular weight is 282 g/mol. The molecule has 0 atom stereocenters. The zero-order valence-electron chi connectivity index (χ0n) is 9.74. The van der Waals surface area contributed by atoms with E-state index >= 15 is 0 Å². The monoisotopic (exact) mass is 282 g/mol. The highest BCUT2D eigenvalue weighted by Crippen LogP contribution is 2.30. The lowest BCUT2D eigenvalue weighted by Crippen LogP contribution is -2.13. The average Bonchev–Trinajstić information content (AvgIpc) is 2.86. The zero-order valence-corrected chi connectivity index (χ0v) is 10.6. The van der Waals surface area contributed by atoms with Gasteiger partial charge in [0.2, 0.25) is 0 Å². The Bertz CT molecular complexity index is 626. The van der Waals surface area contributed by atoms with E-state index < -0.39 is 11.7 Å². The second-order valence-corrected chi connectivity index (χ2v) is 5.12. The van der Waals surface area contributed by atoms with Crippen molar-refractivity contribution in [3.05, 3.63) is 51.5 Å². The number of aliphatic imine (C=N–C) groups is 1. The van der Waals surface area contributed by atoms with Gasteiger partial charge in [-0.2, -0.15) is 13.2 Å². The quantitative estimate of drug-likeness (QED) is 0.785. The van der Waals surface area contributed by atoms with Crippen LogP contribution in [-0.4, -0.2) is 17.2 Å². The van der Waals surface area contributed by atoms with Gasteiger partial charge in [-0.15, -0.1) is 11.3 Å². The Labute approximate surface area is 111 Å². The minimum atomic E-state index is -4.31. The molecule has 2 aromatic rings. The molecule has 2 heterocycles. The van der Waals surface area contributed by atoms with Crippen LogP contribution >= 0.6 is 11.3 Å². The summed E-state index contributed by atoms with van der Waals surface area (Å²) in [4.78, 5) is 9.78. The van der Waals surface area contributed by atoms with E-state index in [2.05, 4.69) is 9.98 Å². The van der Waals surface area contributed by atoms with Crippen LogP contribution in [-0.2, 0) is 12.6 Å². The van der Waals surface area contributed by atoms with Crippen LogP contribution in [0.1, 0.15) is 21.7 Å². The molecule has 0 fully saturated rings. The first kappa shape index (κ1) is 12.3. The lowest BCUT2D eigenvalue weighted by Gasteiger charge is -2.13. The number of rotatable bonds is 1. The molecule has 0 aliphatic carbocycles. The summed E-state index contributed by atoms with van der Waals surface area (Å²) in [7, 11) is 0. The van der Waals surface area contributed by atoms with Crippen molar-refractivity contribution in [3.8, 4) is 0 Å². The van der Waals surface area contributed by atoms with Crippen LogP contribution in [0.3, 0.4) is 0 Å². The van der Waals surface area contributed by atoms with Crippen LogP contribution in [0.5, 0.6) is 0 Å². The van der Waals surface area contributed by atoms with Gasteiger partial charge in [-0.1, -0.05) is 12.1 Å². The van der Waals surface area contributed by atoms with E-state index in [-0.39, 0.29) is 0 Å². The fourth-order valence-electron chi connectivity index (χ4n) is 2.03. The molecular weight excluding hydrogens is 273 g/mol. The lowest BCUT2D eigenvalue weighted by molar-refractivity contribution is -0.137. The Hall–Kier alpha value is -1.69. The molecule has 0 spiro atoms. The Balaban J connectivity index is 1.98. The summed E-state index contributed by atoms with van der Waals surface area (Å²) in [5, 5.41) is 0. The van der Waals surface area contributed by atoms with Crippen molar-refractivity contribution in [1.29, 1.82) is 0 Å². The third-order valence-corrected chi connectivity index (χ3v) is 3.85. The van der Waals surface area contributed by atoms with Gasteiger partial charge in [0, 0.05) is 23.4 Å². The van der Waals surface area contributed by atoms with Gasteiger partial charge in [-0.05, 0) is 12.1 Å². The largest absolute Gasteiger partial charge is 0.416 e. The first-order chi connectivity index (χ1) is 9.05. The van der Waals surface area contributed by atoms with Crippen molar-refractivity contribution < 1.29 is 13.2 Å². The van der Waals surface area contributed by atoms with Gasteiger partial charge in [0.1, 0.15) is 5.69 Å². The summed E-state index contributed by atoms with van der Waals surface area (Å²) in [6.07, 6.45) is -3.46. The van der Waals surface area contributed by atoms with Crippen LogP contribution in [0, 0.1) is 0 Å². The predicted molar refractivity (Wildman–Crippen MR) is 67.8 cm³/mol. The standard InChI is InChI=1S/C13H9F3N2S/c14-13(15,16)9-3-1-8(2-4-9)11-12-10(5-6-17-11)19-7-18-12/h1-4,7H,5-6H2. The Morgan fingerprint density at radius 3 is 2.53 bits per heavy atom. The van der Waals surface area contributed by atoms with E-state index in [1.54, 1.807) is 16.8 Å². The van der Waals surface area contributed by atoms with E-state index in [0.717, 1.165) is 29.1 Å². The SMILES string of the molecule is FC(F)(F)c1ccc(C2=NCCc3scnc32)cc1. The summed E-state index contributed by atoms with van der Waals surface area (Å²) in [5.41, 5.74) is 3.27. The number of fused-ring (bicyclic) bond motifs is 1. The van der Waals surface area contributed by atoms with Gasteiger partial charge in [0.15, 0.2) is 0 Å². The van der Waals surface area contributed by atoms with Crippen molar-refractivity contribution in [2.75, 3.05) is 6.54 Å². The summed E-state index contributed by atoms with van der Waals surface area (Å²) in [6.45, 7) is 0.658. The van der Waals surface area contributed by atoms with Crippen molar-refractivity contribution in [3.63, 3.8) is 0 Å². The molecule has 1 aliphatic heterocycles. The van der Waals surface area contributed by atoms with Gasteiger partial charge in [-0.3, -0.25) is 4.99 Å². The third-order valence-electron chi connectivity index (χ3n) is 2.96. The fourth-order valence-corrected chi connectivity index (χ4v) is 2.79. The zero-order chi connectivity index (χ0) is 13.5. The molecule has 0 unspecified atom stereocenters. The summed E-state index contributed by atoms with van der Waals surface area (Å²) in [5.74, 6) is 0. The van der Waals surface area contributed by atoms with Crippen molar-refractivity contribution >= 4 is 17.0 Å². The highest BCUT2D eigenvalue weighted by atomic mass is 32.1. The number of benzene rings is 1. The molecule has 19 heavy (non-hydrogen) atoms. The van der Waals surface area contributed by atoms with Gasteiger partial charge in [-0.25, -0.2) is 4.98 Å². The minimum Gasteiger partial charge on any atom is -0.282 e. The second kappa shape index (κ2) is 4.45. The normalized spacial score (nSPS) is 15.0. The Morgan fingerprint density at radius 1 is 1.11 bits per heavy atom. The number of thiazole rings is 1. The molecule has 98 valence electrons. The van der Waals surface area contributed by atoms with Crippen molar-refractivity contribution in [1.82, 2.24) is 4.98 Å². The first-order valence-corrected chi connectivity index (χ1v) is 6.58. The molecular formula is C13H9F3N2S. The number of hydrogen-bond donors (Lipinski definition) is 0. The molecule has 1 aliphatic rings. The van der Waals surface area contributed by atoms with Gasteiger partial charge < -0.3 is 0 Å². The number of halogens is 3. The Morgan fingerprint density at radius 2 is 1.84 bits per heavy atom. The maximum atomic E-state index is 12.5. The number of nitrogens with zero attached hydrogens (tertiary/aromatic N) is 2. The highest BCUT2D eigenvalue weighted by Gasteiger charge is 2.30. The molecule has 2 nitrogen and oxygen atoms in total. The van der Waals surface area contributed by atoms with Gasteiger partial charge in [0.05, 0.1) is 16.8 Å². The van der Waals surface area contributed by atoms with Gasteiger partial charge >= 0.3 is 6.18 Å². The van der Waals surface area contributed by atoms with E-state index in [4.69, 9.17) is 0 Å². The first-order valence-electron chi connectivity index (χ1n) is 5.70. The lowest BCUT2D eigenvalue weighted by atomic mass is 10.0. The number of aromatic nitrogens is 1. The van der Waals surface area contributed by atoms with Crippen LogP contribution in [0.2, 0.25) is 0 Å². The molecule has 1 aromatic heterocycles. The topological polar surface area (TPSA) is 25.2 Å². The minimum absolute atomic E-state index is 0.647. The molecule has 0 saturated heterocycles. The maximum absolute atomic E-state index is 12.5. The molecule has 6 heteroatoms. The van der Waals surface area contributed by atoms with Gasteiger partial charge in [0.25, 0.3) is 0 Å². The molecule has 1 aromatic carbocycles. The Kier molecular flexibility index (Phi) is 2.89. The molecule has 0 N–H and O–H groups in total. The van der Waals surface area contributed by atoms with Crippen LogP contribution < -0.4 is 0 Å². The summed E-state index contributed by atoms with van der Waals surface area (Å²) in [6, 6.07) is 5.07. The van der Waals surface area contributed by atoms with Crippen molar-refractivity contribution in [2.24, 2.45) is 4.99 Å². The molecule has 0 radical (unpaired) electrons. The van der Waals surface area contributed by atoms with E-state index in [1.807, 2.05) is 0 Å². The number of hydrogen-bond acceptors (Lipinski definition) is 3. The van der Waals surface area contributed by atoms with E-state index in [9.17, 15) is 13.2 Å². The second-order valence-electron chi connectivity index (χ2n) is 4.18. The third kappa shape index (κ3) is 2.28. The molecule has 0 amide bonds. The molecule has 3 rings (SSSR count). The van der Waals surface area contributed by atoms with Crippen molar-refractivity contribution in [2.45, 2.75) is 12.6 Å². The van der Waals surface area contributed by atoms with Crippen LogP contribution in [0.4, 0.5) is 13.2 Å².